The molecule has 1 aromatic heterocycles. The summed E-state index contributed by atoms with van der Waals surface area (Å²) in [6.45, 7) is 0. The summed E-state index contributed by atoms with van der Waals surface area (Å²) in [5.74, 6) is 0.515. The molecule has 0 bridgehead atoms. The van der Waals surface area contributed by atoms with E-state index >= 15 is 0 Å². The molecule has 0 radical (unpaired) electrons. The Balaban J connectivity index is 1.65. The van der Waals surface area contributed by atoms with Crippen LogP contribution in [0.4, 0.5) is 23.7 Å². The summed E-state index contributed by atoms with van der Waals surface area (Å²) < 4.78 is 50.0. The van der Waals surface area contributed by atoms with Gasteiger partial charge in [-0.3, -0.25) is 0 Å². The number of ether oxygens (including phenoxy) is 2. The third-order valence-corrected chi connectivity index (χ3v) is 5.71. The molecule has 0 saturated carbocycles. The van der Waals surface area contributed by atoms with Crippen LogP contribution in [-0.4, -0.2) is 40.2 Å². The van der Waals surface area contributed by atoms with Crippen molar-refractivity contribution in [2.45, 2.75) is 6.18 Å². The Labute approximate surface area is 227 Å². The van der Waals surface area contributed by atoms with Gasteiger partial charge in [-0.05, 0) is 77.9 Å². The van der Waals surface area contributed by atoms with E-state index in [4.69, 9.17) is 9.47 Å². The Kier molecular flexibility index (Phi) is 8.13. The third kappa shape index (κ3) is 6.62. The molecule has 8 nitrogen and oxygen atoms in total. The SMILES string of the molecule is COc1cc(/C=C\c2cc(/C=C\c3ccc(O)c(OC)c3)n(C(=O)Nc3ccc(C(F)(F)F)cc3)n2)ccc1O. The zero-order valence-electron chi connectivity index (χ0n) is 21.3. The molecule has 3 N–H and O–H groups in total. The van der Waals surface area contributed by atoms with Gasteiger partial charge in [-0.2, -0.15) is 23.0 Å². The number of aromatic hydroxyl groups is 2. The molecule has 0 spiro atoms. The normalized spacial score (nSPS) is 11.7. The number of methoxy groups -OCH3 is 2. The smallest absolute Gasteiger partial charge is 0.416 e. The molecule has 1 heterocycles. The molecular weight excluding hydrogens is 527 g/mol. The monoisotopic (exact) mass is 551 g/mol. The lowest BCUT2D eigenvalue weighted by Crippen LogP contribution is -2.22. The highest BCUT2D eigenvalue weighted by atomic mass is 19.4. The molecule has 0 aliphatic heterocycles. The van der Waals surface area contributed by atoms with Gasteiger partial charge in [-0.1, -0.05) is 24.3 Å². The predicted octanol–water partition coefficient (Wildman–Crippen LogP) is 6.75. The first-order valence-electron chi connectivity index (χ1n) is 11.8. The van der Waals surface area contributed by atoms with Crippen molar-refractivity contribution in [1.29, 1.82) is 0 Å². The number of carbonyl (C=O) groups is 1. The lowest BCUT2D eigenvalue weighted by molar-refractivity contribution is -0.137. The van der Waals surface area contributed by atoms with E-state index in [9.17, 15) is 28.2 Å². The highest BCUT2D eigenvalue weighted by molar-refractivity contribution is 5.92. The molecule has 4 rings (SSSR count). The standard InChI is InChI=1S/C29H24F3N3O5/c1-39-26-15-18(5-13-24(26)36)3-9-22-17-23(12-4-19-6-14-25(37)27(16-19)40-2)35(34-22)28(38)33-21-10-7-20(8-11-21)29(30,31)32/h3-17,36-37H,1-2H3,(H,33,38)/b9-3-,12-4-. The third-order valence-electron chi connectivity index (χ3n) is 5.71. The van der Waals surface area contributed by atoms with Crippen LogP contribution >= 0.6 is 0 Å². The fourth-order valence-corrected chi connectivity index (χ4v) is 3.66. The van der Waals surface area contributed by atoms with Gasteiger partial charge in [-0.25, -0.2) is 4.79 Å². The second-order valence-electron chi connectivity index (χ2n) is 8.44. The minimum Gasteiger partial charge on any atom is -0.504 e. The largest absolute Gasteiger partial charge is 0.504 e. The molecule has 11 heteroatoms. The molecule has 0 aliphatic rings. The fraction of sp³-hybridized carbons (Fsp3) is 0.103. The number of amides is 1. The maximum absolute atomic E-state index is 13.1. The van der Waals surface area contributed by atoms with Gasteiger partial charge in [0.25, 0.3) is 0 Å². The number of hydrogen-bond donors (Lipinski definition) is 3. The van der Waals surface area contributed by atoms with Gasteiger partial charge in [0.2, 0.25) is 0 Å². The van der Waals surface area contributed by atoms with E-state index in [0.29, 0.717) is 22.5 Å². The van der Waals surface area contributed by atoms with Crippen LogP contribution in [-0.2, 0) is 6.18 Å². The number of hydrogen-bond acceptors (Lipinski definition) is 6. The first kappa shape index (κ1) is 27.8. The fourth-order valence-electron chi connectivity index (χ4n) is 3.66. The van der Waals surface area contributed by atoms with Crippen LogP contribution in [0.5, 0.6) is 23.0 Å². The minimum atomic E-state index is -4.50. The highest BCUT2D eigenvalue weighted by Crippen LogP contribution is 2.30. The van der Waals surface area contributed by atoms with Crippen molar-refractivity contribution >= 4 is 36.0 Å². The highest BCUT2D eigenvalue weighted by Gasteiger charge is 2.30. The van der Waals surface area contributed by atoms with Crippen LogP contribution < -0.4 is 14.8 Å². The van der Waals surface area contributed by atoms with Crippen LogP contribution in [0.1, 0.15) is 28.1 Å². The van der Waals surface area contributed by atoms with Gasteiger partial charge in [0, 0.05) is 5.69 Å². The molecule has 1 amide bonds. The van der Waals surface area contributed by atoms with Crippen molar-refractivity contribution in [3.05, 3.63) is 94.8 Å². The van der Waals surface area contributed by atoms with Crippen LogP contribution in [0.15, 0.2) is 66.7 Å². The van der Waals surface area contributed by atoms with Crippen molar-refractivity contribution in [1.82, 2.24) is 9.78 Å². The topological polar surface area (TPSA) is 106 Å². The second kappa shape index (κ2) is 11.7. The Hall–Kier alpha value is -5.19. The molecule has 0 atom stereocenters. The van der Waals surface area contributed by atoms with Crippen LogP contribution in [0.2, 0.25) is 0 Å². The summed E-state index contributed by atoms with van der Waals surface area (Å²) in [6.07, 6.45) is 2.16. The molecular formula is C29H24F3N3O5. The van der Waals surface area contributed by atoms with E-state index in [2.05, 4.69) is 10.4 Å². The number of phenols is 2. The Morgan fingerprint density at radius 2 is 1.38 bits per heavy atom. The van der Waals surface area contributed by atoms with E-state index < -0.39 is 17.8 Å². The van der Waals surface area contributed by atoms with Crippen molar-refractivity contribution in [3.63, 3.8) is 0 Å². The Bertz CT molecular complexity index is 1580. The van der Waals surface area contributed by atoms with Crippen molar-refractivity contribution in [2.24, 2.45) is 0 Å². The number of benzene rings is 3. The summed E-state index contributed by atoms with van der Waals surface area (Å²) >= 11 is 0. The second-order valence-corrected chi connectivity index (χ2v) is 8.44. The number of aromatic nitrogens is 2. The first-order chi connectivity index (χ1) is 19.1. The quantitative estimate of drug-likeness (QED) is 0.235. The lowest BCUT2D eigenvalue weighted by Gasteiger charge is -2.09. The molecule has 206 valence electrons. The molecule has 0 unspecified atom stereocenters. The number of nitrogens with zero attached hydrogens (tertiary/aromatic N) is 2. The van der Waals surface area contributed by atoms with Crippen molar-refractivity contribution in [2.75, 3.05) is 19.5 Å². The lowest BCUT2D eigenvalue weighted by atomic mass is 10.1. The van der Waals surface area contributed by atoms with Gasteiger partial charge in [0.05, 0.1) is 31.2 Å². The van der Waals surface area contributed by atoms with E-state index in [-0.39, 0.29) is 28.7 Å². The predicted molar refractivity (Wildman–Crippen MR) is 145 cm³/mol. The Morgan fingerprint density at radius 1 is 0.825 bits per heavy atom. The number of halogens is 3. The first-order valence-corrected chi connectivity index (χ1v) is 11.8. The number of carbonyl (C=O) groups excluding carboxylic acids is 1. The number of anilines is 1. The van der Waals surface area contributed by atoms with Gasteiger partial charge >= 0.3 is 12.2 Å². The van der Waals surface area contributed by atoms with Crippen molar-refractivity contribution < 1.29 is 37.7 Å². The summed E-state index contributed by atoms with van der Waals surface area (Å²) in [7, 11) is 2.85. The number of rotatable bonds is 7. The Morgan fingerprint density at radius 3 is 1.90 bits per heavy atom. The summed E-state index contributed by atoms with van der Waals surface area (Å²) in [4.78, 5) is 13.1. The van der Waals surface area contributed by atoms with E-state index in [1.807, 2.05) is 0 Å². The number of alkyl halides is 3. The van der Waals surface area contributed by atoms with Gasteiger partial charge in [-0.15, -0.1) is 0 Å². The molecule has 3 aromatic carbocycles. The maximum Gasteiger partial charge on any atom is 0.416 e. The average molecular weight is 552 g/mol. The number of nitrogens with one attached hydrogen (secondary N) is 1. The van der Waals surface area contributed by atoms with E-state index in [0.717, 1.165) is 28.9 Å². The maximum atomic E-state index is 13.1. The number of phenolic OH excluding ortho intramolecular Hbond substituents is 2. The van der Waals surface area contributed by atoms with Crippen LogP contribution in [0.25, 0.3) is 24.3 Å². The minimum absolute atomic E-state index is 0.0119. The summed E-state index contributed by atoms with van der Waals surface area (Å²) in [5, 5.41) is 26.5. The van der Waals surface area contributed by atoms with Crippen LogP contribution in [0.3, 0.4) is 0 Å². The zero-order chi connectivity index (χ0) is 28.9. The molecule has 4 aromatic rings. The summed E-state index contributed by atoms with van der Waals surface area (Å²) in [6, 6.07) is 14.5. The zero-order valence-corrected chi connectivity index (χ0v) is 21.3. The molecule has 0 fully saturated rings. The van der Waals surface area contributed by atoms with Gasteiger partial charge in [0.15, 0.2) is 23.0 Å². The molecule has 0 saturated heterocycles. The van der Waals surface area contributed by atoms with Crippen LogP contribution in [0, 0.1) is 0 Å². The van der Waals surface area contributed by atoms with Gasteiger partial charge < -0.3 is 25.0 Å². The molecule has 40 heavy (non-hydrogen) atoms. The van der Waals surface area contributed by atoms with Gasteiger partial charge in [0.1, 0.15) is 0 Å². The van der Waals surface area contributed by atoms with E-state index in [1.54, 1.807) is 54.6 Å². The summed E-state index contributed by atoms with van der Waals surface area (Å²) in [5.41, 5.74) is 1.44. The van der Waals surface area contributed by atoms with Crippen molar-refractivity contribution in [3.8, 4) is 23.0 Å². The van der Waals surface area contributed by atoms with E-state index in [1.165, 1.54) is 26.4 Å². The average Bonchev–Trinajstić information content (AvgIpc) is 3.35. The molecule has 0 aliphatic carbocycles.